The molecule has 0 aliphatic carbocycles. The molecule has 2 aromatic carbocycles. The van der Waals surface area contributed by atoms with Gasteiger partial charge in [-0.3, -0.25) is 4.57 Å². The molecule has 4 rings (SSSR count). The van der Waals surface area contributed by atoms with Crippen LogP contribution in [0, 0.1) is 0 Å². The SMILES string of the molecule is O=c1[nH]c2ccc(-c3ccccc3)cc2n1C1CCNCC1. The van der Waals surface area contributed by atoms with Crippen molar-refractivity contribution in [2.24, 2.45) is 0 Å². The van der Waals surface area contributed by atoms with E-state index in [-0.39, 0.29) is 11.7 Å². The average Bonchev–Trinajstić information content (AvgIpc) is 2.91. The van der Waals surface area contributed by atoms with Gasteiger partial charge in [0.15, 0.2) is 0 Å². The Morgan fingerprint density at radius 2 is 1.73 bits per heavy atom. The molecule has 112 valence electrons. The molecule has 4 nitrogen and oxygen atoms in total. The molecule has 1 aliphatic rings. The summed E-state index contributed by atoms with van der Waals surface area (Å²) in [6, 6.07) is 16.8. The van der Waals surface area contributed by atoms with Crippen molar-refractivity contribution in [2.75, 3.05) is 13.1 Å². The van der Waals surface area contributed by atoms with Crippen LogP contribution in [0.5, 0.6) is 0 Å². The number of nitrogens with one attached hydrogen (secondary N) is 2. The Morgan fingerprint density at radius 1 is 0.955 bits per heavy atom. The topological polar surface area (TPSA) is 49.8 Å². The van der Waals surface area contributed by atoms with E-state index in [1.54, 1.807) is 0 Å². The molecule has 1 aromatic heterocycles. The fraction of sp³-hybridized carbons (Fsp3) is 0.278. The molecule has 0 bridgehead atoms. The Labute approximate surface area is 128 Å². The summed E-state index contributed by atoms with van der Waals surface area (Å²) in [7, 11) is 0. The van der Waals surface area contributed by atoms with Crippen LogP contribution >= 0.6 is 0 Å². The predicted molar refractivity (Wildman–Crippen MR) is 89.1 cm³/mol. The van der Waals surface area contributed by atoms with Crippen molar-refractivity contribution >= 4 is 11.0 Å². The zero-order chi connectivity index (χ0) is 14.9. The lowest BCUT2D eigenvalue weighted by Crippen LogP contribution is -2.33. The van der Waals surface area contributed by atoms with Gasteiger partial charge in [-0.05, 0) is 49.2 Å². The van der Waals surface area contributed by atoms with E-state index in [1.165, 1.54) is 5.56 Å². The molecule has 0 amide bonds. The Kier molecular flexibility index (Phi) is 3.31. The van der Waals surface area contributed by atoms with Crippen molar-refractivity contribution < 1.29 is 0 Å². The minimum absolute atomic E-state index is 0.00658. The number of hydrogen-bond donors (Lipinski definition) is 2. The van der Waals surface area contributed by atoms with E-state index in [0.717, 1.165) is 42.5 Å². The second-order valence-electron chi connectivity index (χ2n) is 5.88. The summed E-state index contributed by atoms with van der Waals surface area (Å²) in [4.78, 5) is 15.4. The summed E-state index contributed by atoms with van der Waals surface area (Å²) < 4.78 is 1.95. The smallest absolute Gasteiger partial charge is 0.317 e. The van der Waals surface area contributed by atoms with Crippen molar-refractivity contribution in [2.45, 2.75) is 18.9 Å². The van der Waals surface area contributed by atoms with Gasteiger partial charge in [0.25, 0.3) is 0 Å². The van der Waals surface area contributed by atoms with Crippen molar-refractivity contribution in [3.05, 3.63) is 59.0 Å². The number of imidazole rings is 1. The molecule has 0 unspecified atom stereocenters. The monoisotopic (exact) mass is 293 g/mol. The lowest BCUT2D eigenvalue weighted by Gasteiger charge is -2.23. The summed E-state index contributed by atoms with van der Waals surface area (Å²) in [6.07, 6.45) is 2.00. The third kappa shape index (κ3) is 2.25. The molecule has 0 atom stereocenters. The molecule has 1 aliphatic heterocycles. The molecule has 0 spiro atoms. The number of piperidine rings is 1. The number of aromatic nitrogens is 2. The number of nitrogens with zero attached hydrogens (tertiary/aromatic N) is 1. The normalized spacial score (nSPS) is 16.2. The van der Waals surface area contributed by atoms with Gasteiger partial charge in [0, 0.05) is 6.04 Å². The molecule has 4 heteroatoms. The molecule has 2 heterocycles. The van der Waals surface area contributed by atoms with Crippen molar-refractivity contribution in [1.82, 2.24) is 14.9 Å². The highest BCUT2D eigenvalue weighted by Crippen LogP contribution is 2.26. The summed E-state index contributed by atoms with van der Waals surface area (Å²) >= 11 is 0. The molecule has 1 saturated heterocycles. The third-order valence-corrected chi connectivity index (χ3v) is 4.50. The summed E-state index contributed by atoms with van der Waals surface area (Å²) in [5.41, 5.74) is 4.26. The molecule has 0 radical (unpaired) electrons. The number of H-pyrrole nitrogens is 1. The first-order chi connectivity index (χ1) is 10.8. The Morgan fingerprint density at radius 3 is 2.50 bits per heavy atom. The van der Waals surface area contributed by atoms with Gasteiger partial charge < -0.3 is 10.3 Å². The predicted octanol–water partition coefficient (Wildman–Crippen LogP) is 2.92. The van der Waals surface area contributed by atoms with E-state index < -0.39 is 0 Å². The zero-order valence-corrected chi connectivity index (χ0v) is 12.4. The minimum atomic E-state index is 0.00658. The number of rotatable bonds is 2. The van der Waals surface area contributed by atoms with Gasteiger partial charge in [-0.25, -0.2) is 4.79 Å². The van der Waals surface area contributed by atoms with Crippen LogP contribution in [-0.2, 0) is 0 Å². The highest BCUT2D eigenvalue weighted by Gasteiger charge is 2.19. The van der Waals surface area contributed by atoms with Crippen LogP contribution in [0.3, 0.4) is 0 Å². The van der Waals surface area contributed by atoms with Crippen molar-refractivity contribution in [3.8, 4) is 11.1 Å². The van der Waals surface area contributed by atoms with Gasteiger partial charge in [-0.2, -0.15) is 0 Å². The molecular weight excluding hydrogens is 274 g/mol. The molecule has 3 aromatic rings. The first-order valence-electron chi connectivity index (χ1n) is 7.83. The lowest BCUT2D eigenvalue weighted by molar-refractivity contribution is 0.368. The van der Waals surface area contributed by atoms with E-state index >= 15 is 0 Å². The summed E-state index contributed by atoms with van der Waals surface area (Å²) in [6.45, 7) is 1.95. The standard InChI is InChI=1S/C18H19N3O/c22-18-20-16-7-6-14(13-4-2-1-3-5-13)12-17(16)21(18)15-8-10-19-11-9-15/h1-7,12,15,19H,8-11H2,(H,20,22). The van der Waals surface area contributed by atoms with Crippen LogP contribution in [0.4, 0.5) is 0 Å². The third-order valence-electron chi connectivity index (χ3n) is 4.50. The number of fused-ring (bicyclic) bond motifs is 1. The number of hydrogen-bond acceptors (Lipinski definition) is 2. The fourth-order valence-electron chi connectivity index (χ4n) is 3.36. The van der Waals surface area contributed by atoms with E-state index in [0.29, 0.717) is 0 Å². The van der Waals surface area contributed by atoms with Crippen LogP contribution in [0.2, 0.25) is 0 Å². The fourth-order valence-corrected chi connectivity index (χ4v) is 3.36. The van der Waals surface area contributed by atoms with Gasteiger partial charge >= 0.3 is 5.69 Å². The van der Waals surface area contributed by atoms with Crippen LogP contribution in [0.1, 0.15) is 18.9 Å². The van der Waals surface area contributed by atoms with E-state index in [9.17, 15) is 4.79 Å². The maximum absolute atomic E-state index is 12.4. The highest BCUT2D eigenvalue weighted by molar-refractivity contribution is 5.82. The van der Waals surface area contributed by atoms with Gasteiger partial charge in [0.1, 0.15) is 0 Å². The molecule has 2 N–H and O–H groups in total. The first-order valence-corrected chi connectivity index (χ1v) is 7.83. The van der Waals surface area contributed by atoms with Gasteiger partial charge in [0.2, 0.25) is 0 Å². The maximum atomic E-state index is 12.4. The number of benzene rings is 2. The van der Waals surface area contributed by atoms with Gasteiger partial charge in [0.05, 0.1) is 11.0 Å². The van der Waals surface area contributed by atoms with E-state index in [2.05, 4.69) is 34.6 Å². The largest absolute Gasteiger partial charge is 0.326 e. The zero-order valence-electron chi connectivity index (χ0n) is 12.4. The van der Waals surface area contributed by atoms with Crippen LogP contribution in [0.25, 0.3) is 22.2 Å². The van der Waals surface area contributed by atoms with Gasteiger partial charge in [-0.15, -0.1) is 0 Å². The molecular formula is C18H19N3O. The highest BCUT2D eigenvalue weighted by atomic mass is 16.1. The van der Waals surface area contributed by atoms with Crippen LogP contribution < -0.4 is 11.0 Å². The second kappa shape index (κ2) is 5.46. The first kappa shape index (κ1) is 13.3. The Hall–Kier alpha value is -2.33. The Bertz CT molecular complexity index is 842. The second-order valence-corrected chi connectivity index (χ2v) is 5.88. The lowest BCUT2D eigenvalue weighted by atomic mass is 10.0. The van der Waals surface area contributed by atoms with E-state index in [4.69, 9.17) is 0 Å². The van der Waals surface area contributed by atoms with Crippen molar-refractivity contribution in [1.29, 1.82) is 0 Å². The molecule has 1 fully saturated rings. The summed E-state index contributed by atoms with van der Waals surface area (Å²) in [5.74, 6) is 0. The average molecular weight is 293 g/mol. The molecule has 0 saturated carbocycles. The Balaban J connectivity index is 1.86. The summed E-state index contributed by atoms with van der Waals surface area (Å²) in [5, 5.41) is 3.36. The quantitative estimate of drug-likeness (QED) is 0.763. The van der Waals surface area contributed by atoms with Gasteiger partial charge in [-0.1, -0.05) is 36.4 Å². The minimum Gasteiger partial charge on any atom is -0.317 e. The van der Waals surface area contributed by atoms with Crippen LogP contribution in [0.15, 0.2) is 53.3 Å². The van der Waals surface area contributed by atoms with Crippen LogP contribution in [-0.4, -0.2) is 22.6 Å². The van der Waals surface area contributed by atoms with E-state index in [1.807, 2.05) is 28.8 Å². The molecule has 22 heavy (non-hydrogen) atoms. The number of aromatic amines is 1. The maximum Gasteiger partial charge on any atom is 0.326 e. The van der Waals surface area contributed by atoms with Crippen molar-refractivity contribution in [3.63, 3.8) is 0 Å².